The number of rotatable bonds is 1. The lowest BCUT2D eigenvalue weighted by molar-refractivity contribution is 0.0647. The molecule has 0 N–H and O–H groups in total. The highest BCUT2D eigenvalue weighted by atomic mass is 32.1. The number of benzene rings is 1. The molecule has 3 amide bonds. The molecule has 1 aromatic rings. The second-order valence-electron chi connectivity index (χ2n) is 4.97. The number of carbonyl (C=O) groups is 2. The number of carbonyl (C=O) groups excluding carboxylic acids is 2. The van der Waals surface area contributed by atoms with Crippen molar-refractivity contribution in [3.05, 3.63) is 29.8 Å². The van der Waals surface area contributed by atoms with Gasteiger partial charge in [0.2, 0.25) is 0 Å². The van der Waals surface area contributed by atoms with Crippen LogP contribution in [0.5, 0.6) is 0 Å². The van der Waals surface area contributed by atoms with Gasteiger partial charge in [0.05, 0.1) is 5.56 Å². The fourth-order valence-corrected chi connectivity index (χ4v) is 2.46. The molecule has 0 aromatic heterocycles. The maximum Gasteiger partial charge on any atom is 0.319 e. The van der Waals surface area contributed by atoms with Crippen LogP contribution in [0, 0.1) is 0 Å². The van der Waals surface area contributed by atoms with Gasteiger partial charge >= 0.3 is 6.03 Å². The molecule has 6 heteroatoms. The van der Waals surface area contributed by atoms with E-state index < -0.39 is 0 Å². The molecule has 5 nitrogen and oxygen atoms in total. The Bertz CT molecular complexity index is 511. The Hall–Kier alpha value is -1.69. The van der Waals surface area contributed by atoms with Crippen molar-refractivity contribution >= 4 is 24.6 Å². The minimum atomic E-state index is -0.0208. The van der Waals surface area contributed by atoms with Gasteiger partial charge in [0.15, 0.2) is 0 Å². The lowest BCUT2D eigenvalue weighted by Crippen LogP contribution is -2.52. The first-order chi connectivity index (χ1) is 9.50. The van der Waals surface area contributed by atoms with E-state index >= 15 is 0 Å². The maximum atomic E-state index is 12.4. The average molecular weight is 293 g/mol. The fraction of sp³-hybridized carbons (Fsp3) is 0.429. The van der Waals surface area contributed by atoms with E-state index in [-0.39, 0.29) is 11.9 Å². The van der Waals surface area contributed by atoms with Crippen molar-refractivity contribution in [2.45, 2.75) is 4.90 Å². The lowest BCUT2D eigenvalue weighted by Gasteiger charge is -2.36. The second kappa shape index (κ2) is 6.17. The SMILES string of the molecule is CN(C)C(=O)N1CCN(C(=O)c2ccccc2S)CC1. The van der Waals surface area contributed by atoms with Gasteiger partial charge in [-0.15, -0.1) is 12.6 Å². The Morgan fingerprint density at radius 1 is 1.05 bits per heavy atom. The van der Waals surface area contributed by atoms with Crippen LogP contribution >= 0.6 is 12.6 Å². The first kappa shape index (κ1) is 14.7. The number of thiol groups is 1. The standard InChI is InChI=1S/C14H19N3O2S/c1-15(2)14(19)17-9-7-16(8-10-17)13(18)11-5-3-4-6-12(11)20/h3-6,20H,7-10H2,1-2H3. The Morgan fingerprint density at radius 3 is 2.15 bits per heavy atom. The highest BCUT2D eigenvalue weighted by Crippen LogP contribution is 2.16. The summed E-state index contributed by atoms with van der Waals surface area (Å²) in [4.78, 5) is 30.0. The zero-order chi connectivity index (χ0) is 14.7. The fourth-order valence-electron chi connectivity index (χ4n) is 2.21. The summed E-state index contributed by atoms with van der Waals surface area (Å²) in [5.41, 5.74) is 0.614. The summed E-state index contributed by atoms with van der Waals surface area (Å²) in [6.07, 6.45) is 0. The summed E-state index contributed by atoms with van der Waals surface area (Å²) in [5, 5.41) is 0. The molecule has 0 saturated carbocycles. The Kier molecular flexibility index (Phi) is 4.54. The van der Waals surface area contributed by atoms with Crippen molar-refractivity contribution in [1.82, 2.24) is 14.7 Å². The molecule has 1 aliphatic rings. The van der Waals surface area contributed by atoms with E-state index in [9.17, 15) is 9.59 Å². The quantitative estimate of drug-likeness (QED) is 0.796. The van der Waals surface area contributed by atoms with E-state index in [4.69, 9.17) is 0 Å². The predicted molar refractivity (Wildman–Crippen MR) is 80.3 cm³/mol. The van der Waals surface area contributed by atoms with E-state index in [0.29, 0.717) is 36.6 Å². The van der Waals surface area contributed by atoms with Crippen LogP contribution in [0.25, 0.3) is 0 Å². The van der Waals surface area contributed by atoms with Crippen molar-refractivity contribution < 1.29 is 9.59 Å². The molecule has 0 atom stereocenters. The molecule has 1 aromatic carbocycles. The Labute approximate surface area is 124 Å². The summed E-state index contributed by atoms with van der Waals surface area (Å²) in [6, 6.07) is 7.27. The van der Waals surface area contributed by atoms with Crippen LogP contribution in [0.3, 0.4) is 0 Å². The number of urea groups is 1. The molecule has 20 heavy (non-hydrogen) atoms. The van der Waals surface area contributed by atoms with E-state index in [1.54, 1.807) is 34.9 Å². The Morgan fingerprint density at radius 2 is 1.60 bits per heavy atom. The number of piperazine rings is 1. The molecule has 108 valence electrons. The van der Waals surface area contributed by atoms with Crippen LogP contribution < -0.4 is 0 Å². The van der Waals surface area contributed by atoms with E-state index in [0.717, 1.165) is 0 Å². The van der Waals surface area contributed by atoms with Crippen LogP contribution in [0.4, 0.5) is 4.79 Å². The van der Waals surface area contributed by atoms with Crippen molar-refractivity contribution in [2.24, 2.45) is 0 Å². The number of hydrogen-bond donors (Lipinski definition) is 1. The van der Waals surface area contributed by atoms with Crippen LogP contribution in [-0.2, 0) is 0 Å². The smallest absolute Gasteiger partial charge is 0.319 e. The molecule has 0 radical (unpaired) electrons. The molecule has 1 heterocycles. The Balaban J connectivity index is 1.99. The molecule has 0 aliphatic carbocycles. The van der Waals surface area contributed by atoms with Gasteiger partial charge < -0.3 is 14.7 Å². The van der Waals surface area contributed by atoms with Crippen molar-refractivity contribution in [2.75, 3.05) is 40.3 Å². The van der Waals surface area contributed by atoms with Gasteiger partial charge in [-0.25, -0.2) is 4.79 Å². The molecule has 1 fully saturated rings. The van der Waals surface area contributed by atoms with Crippen molar-refractivity contribution in [3.63, 3.8) is 0 Å². The van der Waals surface area contributed by atoms with Crippen LogP contribution in [0.1, 0.15) is 10.4 Å². The van der Waals surface area contributed by atoms with Crippen molar-refractivity contribution in [1.29, 1.82) is 0 Å². The van der Waals surface area contributed by atoms with Gasteiger partial charge in [0.1, 0.15) is 0 Å². The minimum absolute atomic E-state index is 0.00769. The summed E-state index contributed by atoms with van der Waals surface area (Å²) in [5.74, 6) is -0.0208. The molecule has 0 spiro atoms. The van der Waals surface area contributed by atoms with E-state index in [2.05, 4.69) is 12.6 Å². The minimum Gasteiger partial charge on any atom is -0.335 e. The number of nitrogens with zero attached hydrogens (tertiary/aromatic N) is 3. The molecule has 0 unspecified atom stereocenters. The van der Waals surface area contributed by atoms with Gasteiger partial charge in [-0.05, 0) is 12.1 Å². The third kappa shape index (κ3) is 3.07. The third-order valence-corrected chi connectivity index (χ3v) is 3.74. The zero-order valence-corrected chi connectivity index (χ0v) is 12.6. The molecule has 1 saturated heterocycles. The van der Waals surface area contributed by atoms with Crippen molar-refractivity contribution in [3.8, 4) is 0 Å². The first-order valence-electron chi connectivity index (χ1n) is 6.54. The lowest BCUT2D eigenvalue weighted by atomic mass is 10.2. The van der Waals surface area contributed by atoms with Crippen LogP contribution in [0.2, 0.25) is 0 Å². The summed E-state index contributed by atoms with van der Waals surface area (Å²) in [7, 11) is 3.47. The van der Waals surface area contributed by atoms with E-state index in [1.165, 1.54) is 0 Å². The van der Waals surface area contributed by atoms with Gasteiger partial charge in [0, 0.05) is 45.2 Å². The zero-order valence-electron chi connectivity index (χ0n) is 11.7. The van der Waals surface area contributed by atoms with Gasteiger partial charge in [0.25, 0.3) is 5.91 Å². The molecule has 0 bridgehead atoms. The monoisotopic (exact) mass is 293 g/mol. The molecule has 2 rings (SSSR count). The first-order valence-corrected chi connectivity index (χ1v) is 6.99. The summed E-state index contributed by atoms with van der Waals surface area (Å²) in [6.45, 7) is 2.25. The third-order valence-electron chi connectivity index (χ3n) is 3.35. The molecule has 1 aliphatic heterocycles. The summed E-state index contributed by atoms with van der Waals surface area (Å²) < 4.78 is 0. The number of hydrogen-bond acceptors (Lipinski definition) is 3. The highest BCUT2D eigenvalue weighted by Gasteiger charge is 2.26. The van der Waals surface area contributed by atoms with Gasteiger partial charge in [-0.3, -0.25) is 4.79 Å². The maximum absolute atomic E-state index is 12.4. The number of amides is 3. The van der Waals surface area contributed by atoms with Gasteiger partial charge in [-0.2, -0.15) is 0 Å². The highest BCUT2D eigenvalue weighted by molar-refractivity contribution is 7.80. The van der Waals surface area contributed by atoms with E-state index in [1.807, 2.05) is 18.2 Å². The van der Waals surface area contributed by atoms with Gasteiger partial charge in [-0.1, -0.05) is 12.1 Å². The molecular formula is C14H19N3O2S. The molecular weight excluding hydrogens is 274 g/mol. The summed E-state index contributed by atoms with van der Waals surface area (Å²) >= 11 is 4.32. The largest absolute Gasteiger partial charge is 0.335 e. The van der Waals surface area contributed by atoms with Crippen LogP contribution in [-0.4, -0.2) is 66.9 Å². The topological polar surface area (TPSA) is 43.9 Å². The second-order valence-corrected chi connectivity index (χ2v) is 5.46. The van der Waals surface area contributed by atoms with Crippen LogP contribution in [0.15, 0.2) is 29.2 Å². The normalized spacial score (nSPS) is 15.2. The predicted octanol–water partition coefficient (Wildman–Crippen LogP) is 1.41. The average Bonchev–Trinajstić information content (AvgIpc) is 2.46.